The van der Waals surface area contributed by atoms with Crippen LogP contribution in [0.3, 0.4) is 0 Å². The van der Waals surface area contributed by atoms with E-state index >= 15 is 0 Å². The third kappa shape index (κ3) is 3.32. The van der Waals surface area contributed by atoms with Gasteiger partial charge in [0.1, 0.15) is 17.7 Å². The second kappa shape index (κ2) is 6.51. The second-order valence-electron chi connectivity index (χ2n) is 5.44. The number of β-amino-alcohol motifs (C(OH)–C–C–N with tert-alkyl or cyclic N) is 1. The van der Waals surface area contributed by atoms with Crippen LogP contribution >= 0.6 is 0 Å². The Kier molecular flexibility index (Phi) is 4.47. The second-order valence-corrected chi connectivity index (χ2v) is 5.44. The van der Waals surface area contributed by atoms with E-state index in [4.69, 9.17) is 4.74 Å². The molecule has 3 rings (SSSR count). The van der Waals surface area contributed by atoms with E-state index in [2.05, 4.69) is 15.2 Å². The molecule has 0 unspecified atom stereocenters. The monoisotopic (exact) mass is 306 g/mol. The molecule has 0 bridgehead atoms. The highest BCUT2D eigenvalue weighted by molar-refractivity contribution is 5.20. The summed E-state index contributed by atoms with van der Waals surface area (Å²) in [7, 11) is 0. The maximum atomic E-state index is 13.7. The number of nitrogens with zero attached hydrogens (tertiary/aromatic N) is 3. The number of aliphatic hydroxyl groups is 1. The zero-order valence-corrected chi connectivity index (χ0v) is 12.4. The van der Waals surface area contributed by atoms with Crippen LogP contribution in [0.25, 0.3) is 0 Å². The average molecular weight is 306 g/mol. The minimum atomic E-state index is -0.867. The van der Waals surface area contributed by atoms with E-state index in [-0.39, 0.29) is 11.9 Å². The van der Waals surface area contributed by atoms with Crippen LogP contribution in [0.4, 0.5) is 4.39 Å². The number of nitrogens with one attached hydrogen (secondary N) is 1. The van der Waals surface area contributed by atoms with Crippen LogP contribution in [0, 0.1) is 12.7 Å². The molecule has 6 nitrogen and oxygen atoms in total. The van der Waals surface area contributed by atoms with Crippen LogP contribution in [0.15, 0.2) is 24.3 Å². The van der Waals surface area contributed by atoms with E-state index in [1.807, 2.05) is 11.8 Å². The summed E-state index contributed by atoms with van der Waals surface area (Å²) >= 11 is 0. The topological polar surface area (TPSA) is 74.3 Å². The van der Waals surface area contributed by atoms with Crippen LogP contribution in [-0.2, 0) is 4.74 Å². The van der Waals surface area contributed by atoms with E-state index in [9.17, 15) is 9.50 Å². The molecular formula is C15H19FN4O2. The molecule has 1 aromatic heterocycles. The number of rotatable bonds is 4. The lowest BCUT2D eigenvalue weighted by atomic mass is 10.1. The van der Waals surface area contributed by atoms with Crippen molar-refractivity contribution in [1.82, 2.24) is 20.1 Å². The van der Waals surface area contributed by atoms with E-state index in [0.29, 0.717) is 37.6 Å². The van der Waals surface area contributed by atoms with E-state index in [0.717, 1.165) is 5.82 Å². The van der Waals surface area contributed by atoms with Crippen molar-refractivity contribution < 1.29 is 14.2 Å². The van der Waals surface area contributed by atoms with Crippen LogP contribution in [-0.4, -0.2) is 51.4 Å². The van der Waals surface area contributed by atoms with Gasteiger partial charge in [-0.1, -0.05) is 18.2 Å². The highest BCUT2D eigenvalue weighted by Gasteiger charge is 2.27. The zero-order valence-electron chi connectivity index (χ0n) is 12.4. The highest BCUT2D eigenvalue weighted by Crippen LogP contribution is 2.23. The Hall–Kier alpha value is -1.83. The maximum absolute atomic E-state index is 13.7. The molecule has 1 aromatic carbocycles. The highest BCUT2D eigenvalue weighted by atomic mass is 19.1. The number of hydrogen-bond donors (Lipinski definition) is 2. The van der Waals surface area contributed by atoms with E-state index in [1.54, 1.807) is 18.2 Å². The summed E-state index contributed by atoms with van der Waals surface area (Å²) in [4.78, 5) is 6.32. The molecule has 2 N–H and O–H groups in total. The summed E-state index contributed by atoms with van der Waals surface area (Å²) in [6.07, 6.45) is -1.10. The molecule has 1 fully saturated rings. The summed E-state index contributed by atoms with van der Waals surface area (Å²) in [5, 5.41) is 17.2. The quantitative estimate of drug-likeness (QED) is 0.892. The Morgan fingerprint density at radius 3 is 3.05 bits per heavy atom. The van der Waals surface area contributed by atoms with Gasteiger partial charge in [-0.05, 0) is 13.0 Å². The number of halogens is 1. The Morgan fingerprint density at radius 1 is 1.50 bits per heavy atom. The molecule has 0 spiro atoms. The first-order chi connectivity index (χ1) is 10.6. The summed E-state index contributed by atoms with van der Waals surface area (Å²) in [5.74, 6) is 0.967. The molecule has 2 atom stereocenters. The van der Waals surface area contributed by atoms with Gasteiger partial charge < -0.3 is 9.84 Å². The lowest BCUT2D eigenvalue weighted by molar-refractivity contribution is -0.0463. The molecule has 0 saturated carbocycles. The van der Waals surface area contributed by atoms with Crippen molar-refractivity contribution >= 4 is 0 Å². The standard InChI is InChI=1S/C15H19FN4O2/c1-10-17-15(19-18-10)14-9-20(6-7-22-14)8-13(21)11-4-2-3-5-12(11)16/h2-5,13-14,21H,6-9H2,1H3,(H,17,18,19)/t13-,14+/m1/s1. The molecule has 0 aliphatic carbocycles. The van der Waals surface area contributed by atoms with Gasteiger partial charge in [-0.3, -0.25) is 10.00 Å². The number of ether oxygens (including phenoxy) is 1. The van der Waals surface area contributed by atoms with Crippen molar-refractivity contribution in [2.75, 3.05) is 26.2 Å². The van der Waals surface area contributed by atoms with Gasteiger partial charge in [0.05, 0.1) is 12.7 Å². The molecule has 22 heavy (non-hydrogen) atoms. The van der Waals surface area contributed by atoms with E-state index < -0.39 is 6.10 Å². The number of H-pyrrole nitrogens is 1. The van der Waals surface area contributed by atoms with Crippen LogP contribution in [0.2, 0.25) is 0 Å². The normalized spacial score (nSPS) is 21.0. The molecule has 0 radical (unpaired) electrons. The maximum Gasteiger partial charge on any atom is 0.180 e. The molecule has 118 valence electrons. The number of aliphatic hydroxyl groups excluding tert-OH is 1. The Bertz CT molecular complexity index is 634. The first kappa shape index (κ1) is 15.1. The Labute approximate surface area is 127 Å². The molecule has 1 aliphatic heterocycles. The van der Waals surface area contributed by atoms with Crippen LogP contribution in [0.5, 0.6) is 0 Å². The van der Waals surface area contributed by atoms with E-state index in [1.165, 1.54) is 6.07 Å². The Balaban J connectivity index is 1.64. The van der Waals surface area contributed by atoms with Crippen molar-refractivity contribution in [2.45, 2.75) is 19.1 Å². The van der Waals surface area contributed by atoms with Crippen LogP contribution < -0.4 is 0 Å². The molecule has 1 aliphatic rings. The lowest BCUT2D eigenvalue weighted by Crippen LogP contribution is -2.41. The number of morpholine rings is 1. The molecule has 2 heterocycles. The number of aromatic nitrogens is 3. The van der Waals surface area contributed by atoms with Gasteiger partial charge in [0.2, 0.25) is 0 Å². The molecule has 2 aromatic rings. The first-order valence-electron chi connectivity index (χ1n) is 7.29. The first-order valence-corrected chi connectivity index (χ1v) is 7.29. The third-order valence-electron chi connectivity index (χ3n) is 3.75. The van der Waals surface area contributed by atoms with Crippen molar-refractivity contribution in [3.63, 3.8) is 0 Å². The predicted molar refractivity (Wildman–Crippen MR) is 77.6 cm³/mol. The summed E-state index contributed by atoms with van der Waals surface area (Å²) < 4.78 is 19.4. The van der Waals surface area contributed by atoms with Crippen molar-refractivity contribution in [1.29, 1.82) is 0 Å². The summed E-state index contributed by atoms with van der Waals surface area (Å²) in [5.41, 5.74) is 0.319. The van der Waals surface area contributed by atoms with Gasteiger partial charge in [-0.15, -0.1) is 0 Å². The lowest BCUT2D eigenvalue weighted by Gasteiger charge is -2.32. The molecular weight excluding hydrogens is 287 g/mol. The third-order valence-corrected chi connectivity index (χ3v) is 3.75. The predicted octanol–water partition coefficient (Wildman–Crippen LogP) is 1.36. The minimum absolute atomic E-state index is 0.230. The number of hydrogen-bond acceptors (Lipinski definition) is 5. The largest absolute Gasteiger partial charge is 0.387 e. The summed E-state index contributed by atoms with van der Waals surface area (Å²) in [6, 6.07) is 6.30. The number of aryl methyl sites for hydroxylation is 1. The smallest absolute Gasteiger partial charge is 0.180 e. The van der Waals surface area contributed by atoms with Gasteiger partial charge in [-0.2, -0.15) is 5.10 Å². The van der Waals surface area contributed by atoms with Gasteiger partial charge in [0.25, 0.3) is 0 Å². The van der Waals surface area contributed by atoms with Gasteiger partial charge in [0.15, 0.2) is 5.82 Å². The van der Waals surface area contributed by atoms with Crippen molar-refractivity contribution in [2.24, 2.45) is 0 Å². The fraction of sp³-hybridized carbons (Fsp3) is 0.467. The van der Waals surface area contributed by atoms with Crippen LogP contribution in [0.1, 0.15) is 29.4 Å². The van der Waals surface area contributed by atoms with Gasteiger partial charge >= 0.3 is 0 Å². The van der Waals surface area contributed by atoms with Gasteiger partial charge in [-0.25, -0.2) is 9.37 Å². The fourth-order valence-corrected chi connectivity index (χ4v) is 2.62. The van der Waals surface area contributed by atoms with Crippen molar-refractivity contribution in [3.8, 4) is 0 Å². The fourth-order valence-electron chi connectivity index (χ4n) is 2.62. The molecule has 1 saturated heterocycles. The number of aromatic amines is 1. The Morgan fingerprint density at radius 2 is 2.32 bits per heavy atom. The van der Waals surface area contributed by atoms with Gasteiger partial charge in [0, 0.05) is 25.2 Å². The average Bonchev–Trinajstić information content (AvgIpc) is 2.94. The SMILES string of the molecule is Cc1nc([C@@H]2CN(C[C@@H](O)c3ccccc3F)CCO2)n[nH]1. The minimum Gasteiger partial charge on any atom is -0.387 e. The zero-order chi connectivity index (χ0) is 15.5. The van der Waals surface area contributed by atoms with Crippen molar-refractivity contribution in [3.05, 3.63) is 47.3 Å². The number of benzene rings is 1. The summed E-state index contributed by atoms with van der Waals surface area (Å²) in [6.45, 7) is 3.97. The molecule has 7 heteroatoms. The molecule has 0 amide bonds.